The van der Waals surface area contributed by atoms with Gasteiger partial charge in [0.1, 0.15) is 0 Å². The number of hydrogen-bond acceptors (Lipinski definition) is 6. The van der Waals surface area contributed by atoms with E-state index < -0.39 is 11.7 Å². The van der Waals surface area contributed by atoms with Crippen LogP contribution in [0.2, 0.25) is 5.02 Å². The molecule has 0 amide bonds. The van der Waals surface area contributed by atoms with Crippen LogP contribution < -0.4 is 14.8 Å². The molecule has 28 heavy (non-hydrogen) atoms. The van der Waals surface area contributed by atoms with E-state index in [4.69, 9.17) is 25.6 Å². The number of methoxy groups -OCH3 is 2. The molecule has 0 fully saturated rings. The number of anilines is 1. The lowest BCUT2D eigenvalue weighted by Gasteiger charge is -2.10. The molecule has 0 radical (unpaired) electrons. The predicted molar refractivity (Wildman–Crippen MR) is 96.6 cm³/mol. The van der Waals surface area contributed by atoms with Gasteiger partial charge in [-0.25, -0.2) is 0 Å². The molecule has 1 heterocycles. The maximum atomic E-state index is 12.7. The number of ether oxygens (including phenoxy) is 2. The molecule has 1 aromatic heterocycles. The summed E-state index contributed by atoms with van der Waals surface area (Å²) >= 11 is 5.91. The first-order valence-corrected chi connectivity index (χ1v) is 8.35. The molecule has 6 nitrogen and oxygen atoms in total. The van der Waals surface area contributed by atoms with Crippen molar-refractivity contribution in [2.45, 2.75) is 12.7 Å². The van der Waals surface area contributed by atoms with Crippen molar-refractivity contribution in [3.63, 3.8) is 0 Å². The van der Waals surface area contributed by atoms with Gasteiger partial charge in [0.25, 0.3) is 0 Å². The van der Waals surface area contributed by atoms with Crippen LogP contribution in [0, 0.1) is 0 Å². The van der Waals surface area contributed by atoms with Gasteiger partial charge in [-0.15, -0.1) is 0 Å². The topological polar surface area (TPSA) is 69.4 Å². The first-order valence-electron chi connectivity index (χ1n) is 7.97. The average Bonchev–Trinajstić information content (AvgIpc) is 3.14. The van der Waals surface area contributed by atoms with E-state index in [1.54, 1.807) is 18.2 Å². The molecule has 3 rings (SSSR count). The van der Waals surface area contributed by atoms with Gasteiger partial charge in [0, 0.05) is 5.56 Å². The molecule has 0 unspecified atom stereocenters. The van der Waals surface area contributed by atoms with Crippen molar-refractivity contribution < 1.29 is 27.2 Å². The number of nitrogens with zero attached hydrogens (tertiary/aromatic N) is 2. The third kappa shape index (κ3) is 4.30. The van der Waals surface area contributed by atoms with Crippen LogP contribution >= 0.6 is 11.6 Å². The standard InChI is InChI=1S/C18H15ClF3N3O3/c1-26-14-6-3-10(7-15(14)27-2)17-24-16(28-25-17)9-23-13-5-4-11(8-12(13)19)18(20,21)22/h3-8,23H,9H2,1-2H3. The summed E-state index contributed by atoms with van der Waals surface area (Å²) in [5, 5.41) is 6.71. The summed E-state index contributed by atoms with van der Waals surface area (Å²) in [7, 11) is 3.04. The Morgan fingerprint density at radius 3 is 2.46 bits per heavy atom. The Morgan fingerprint density at radius 1 is 1.07 bits per heavy atom. The minimum atomic E-state index is -4.46. The van der Waals surface area contributed by atoms with E-state index in [0.29, 0.717) is 28.6 Å². The molecule has 1 N–H and O–H groups in total. The van der Waals surface area contributed by atoms with Crippen molar-refractivity contribution in [1.82, 2.24) is 10.1 Å². The predicted octanol–water partition coefficient (Wildman–Crippen LogP) is 5.04. The van der Waals surface area contributed by atoms with Crippen molar-refractivity contribution in [3.05, 3.63) is 52.9 Å². The molecule has 0 aliphatic heterocycles. The molecule has 148 valence electrons. The highest BCUT2D eigenvalue weighted by Gasteiger charge is 2.30. The van der Waals surface area contributed by atoms with Crippen LogP contribution in [0.25, 0.3) is 11.4 Å². The van der Waals surface area contributed by atoms with Gasteiger partial charge in [-0.1, -0.05) is 16.8 Å². The highest BCUT2D eigenvalue weighted by atomic mass is 35.5. The Labute approximate surface area is 163 Å². The van der Waals surface area contributed by atoms with Crippen LogP contribution in [-0.2, 0) is 12.7 Å². The van der Waals surface area contributed by atoms with Crippen molar-refractivity contribution in [1.29, 1.82) is 0 Å². The molecule has 2 aromatic carbocycles. The normalized spacial score (nSPS) is 11.4. The van der Waals surface area contributed by atoms with Gasteiger partial charge in [0.2, 0.25) is 11.7 Å². The zero-order valence-corrected chi connectivity index (χ0v) is 15.6. The van der Waals surface area contributed by atoms with Crippen molar-refractivity contribution in [2.75, 3.05) is 19.5 Å². The van der Waals surface area contributed by atoms with Gasteiger partial charge in [-0.2, -0.15) is 18.2 Å². The van der Waals surface area contributed by atoms with Gasteiger partial charge < -0.3 is 19.3 Å². The van der Waals surface area contributed by atoms with Crippen LogP contribution in [0.3, 0.4) is 0 Å². The summed E-state index contributed by atoms with van der Waals surface area (Å²) in [6, 6.07) is 8.20. The molecule has 0 saturated carbocycles. The Kier molecular flexibility index (Phi) is 5.64. The number of alkyl halides is 3. The zero-order valence-electron chi connectivity index (χ0n) is 14.8. The lowest BCUT2D eigenvalue weighted by Crippen LogP contribution is -2.06. The molecule has 0 bridgehead atoms. The molecule has 0 aliphatic rings. The van der Waals surface area contributed by atoms with Crippen molar-refractivity contribution in [3.8, 4) is 22.9 Å². The molecular formula is C18H15ClF3N3O3. The Balaban J connectivity index is 1.72. The summed E-state index contributed by atoms with van der Waals surface area (Å²) in [4.78, 5) is 4.25. The van der Waals surface area contributed by atoms with E-state index in [9.17, 15) is 13.2 Å². The second-order valence-electron chi connectivity index (χ2n) is 5.63. The van der Waals surface area contributed by atoms with Crippen LogP contribution in [0.4, 0.5) is 18.9 Å². The van der Waals surface area contributed by atoms with E-state index in [2.05, 4.69) is 15.5 Å². The maximum absolute atomic E-state index is 12.7. The molecule has 0 atom stereocenters. The van der Waals surface area contributed by atoms with Gasteiger partial charge in [0.05, 0.1) is 37.0 Å². The third-order valence-corrected chi connectivity index (χ3v) is 4.15. The molecular weight excluding hydrogens is 399 g/mol. The molecule has 10 heteroatoms. The first-order chi connectivity index (χ1) is 13.3. The number of benzene rings is 2. The number of hydrogen-bond donors (Lipinski definition) is 1. The van der Waals surface area contributed by atoms with Crippen LogP contribution in [0.15, 0.2) is 40.9 Å². The SMILES string of the molecule is COc1ccc(-c2noc(CNc3ccc(C(F)(F)F)cc3Cl)n2)cc1OC. The van der Waals surface area contributed by atoms with Crippen LogP contribution in [0.1, 0.15) is 11.5 Å². The molecule has 0 spiro atoms. The van der Waals surface area contributed by atoms with Gasteiger partial charge in [0.15, 0.2) is 11.5 Å². The minimum Gasteiger partial charge on any atom is -0.493 e. The molecule has 0 saturated heterocycles. The number of halogens is 4. The van der Waals surface area contributed by atoms with Crippen LogP contribution in [0.5, 0.6) is 11.5 Å². The second-order valence-corrected chi connectivity index (χ2v) is 6.03. The monoisotopic (exact) mass is 413 g/mol. The Bertz CT molecular complexity index is 976. The van der Waals surface area contributed by atoms with Gasteiger partial charge in [-0.05, 0) is 36.4 Å². The quantitative estimate of drug-likeness (QED) is 0.610. The highest BCUT2D eigenvalue weighted by molar-refractivity contribution is 6.33. The lowest BCUT2D eigenvalue weighted by molar-refractivity contribution is -0.137. The van der Waals surface area contributed by atoms with Crippen LogP contribution in [-0.4, -0.2) is 24.4 Å². The number of aromatic nitrogens is 2. The summed E-state index contributed by atoms with van der Waals surface area (Å²) in [6.45, 7) is 0.0887. The molecule has 3 aromatic rings. The van der Waals surface area contributed by atoms with Gasteiger partial charge in [-0.3, -0.25) is 0 Å². The van der Waals surface area contributed by atoms with E-state index in [1.807, 2.05) is 0 Å². The first kappa shape index (κ1) is 19.8. The van der Waals surface area contributed by atoms with E-state index >= 15 is 0 Å². The largest absolute Gasteiger partial charge is 0.493 e. The summed E-state index contributed by atoms with van der Waals surface area (Å²) in [5.41, 5.74) is 0.150. The third-order valence-electron chi connectivity index (χ3n) is 3.84. The summed E-state index contributed by atoms with van der Waals surface area (Å²) < 4.78 is 53.6. The van der Waals surface area contributed by atoms with Gasteiger partial charge >= 0.3 is 6.18 Å². The zero-order chi connectivity index (χ0) is 20.3. The Hall–Kier alpha value is -2.94. The van der Waals surface area contributed by atoms with E-state index in [1.165, 1.54) is 20.3 Å². The average molecular weight is 414 g/mol. The number of nitrogens with one attached hydrogen (secondary N) is 1. The fourth-order valence-corrected chi connectivity index (χ4v) is 2.67. The summed E-state index contributed by atoms with van der Waals surface area (Å²) in [6.07, 6.45) is -4.46. The second kappa shape index (κ2) is 7.97. The highest BCUT2D eigenvalue weighted by Crippen LogP contribution is 2.34. The van der Waals surface area contributed by atoms with E-state index in [-0.39, 0.29) is 17.5 Å². The lowest BCUT2D eigenvalue weighted by atomic mass is 10.2. The van der Waals surface area contributed by atoms with Crippen molar-refractivity contribution >= 4 is 17.3 Å². The smallest absolute Gasteiger partial charge is 0.416 e. The van der Waals surface area contributed by atoms with E-state index in [0.717, 1.165) is 12.1 Å². The Morgan fingerprint density at radius 2 is 1.82 bits per heavy atom. The number of rotatable bonds is 6. The fraction of sp³-hybridized carbons (Fsp3) is 0.222. The fourth-order valence-electron chi connectivity index (χ4n) is 2.42. The van der Waals surface area contributed by atoms with Crippen molar-refractivity contribution in [2.24, 2.45) is 0 Å². The maximum Gasteiger partial charge on any atom is 0.416 e. The summed E-state index contributed by atoms with van der Waals surface area (Å²) in [5.74, 6) is 1.65. The molecule has 0 aliphatic carbocycles. The minimum absolute atomic E-state index is 0.0607.